The molecule has 1 saturated heterocycles. The number of methoxy groups -OCH3 is 1. The van der Waals surface area contributed by atoms with Gasteiger partial charge in [-0.3, -0.25) is 4.79 Å². The van der Waals surface area contributed by atoms with E-state index in [1.54, 1.807) is 11.8 Å². The van der Waals surface area contributed by atoms with Gasteiger partial charge in [0, 0.05) is 19.5 Å². The summed E-state index contributed by atoms with van der Waals surface area (Å²) >= 11 is 0. The molecule has 8 nitrogen and oxygen atoms in total. The molecule has 1 unspecified atom stereocenters. The summed E-state index contributed by atoms with van der Waals surface area (Å²) in [7, 11) is 1.32. The van der Waals surface area contributed by atoms with Crippen LogP contribution in [0.4, 0.5) is 19.3 Å². The normalized spacial score (nSPS) is 25.6. The standard InChI is InChI=1S/C20H21F2N3O5/c1-9-6-24(8-20(9,2)23)16-12(22)4-10-15(18(16)29-3)25(13-5-11(13)21)7-14(17(10)26)30-19(27)28/h4,7,11,13H,1,5-6,8,23H2,2-3H3,(H,27,28)/t11-,13+,20?/m0/s1. The van der Waals surface area contributed by atoms with E-state index in [0.29, 0.717) is 5.57 Å². The minimum absolute atomic E-state index is 0.0357. The molecule has 3 N–H and O–H groups in total. The molecule has 1 aliphatic carbocycles. The smallest absolute Gasteiger partial charge is 0.492 e. The van der Waals surface area contributed by atoms with Crippen LogP contribution in [0.15, 0.2) is 29.2 Å². The van der Waals surface area contributed by atoms with Gasteiger partial charge in [-0.25, -0.2) is 13.6 Å². The fourth-order valence-electron chi connectivity index (χ4n) is 3.91. The molecule has 0 spiro atoms. The van der Waals surface area contributed by atoms with Crippen LogP contribution in [0.1, 0.15) is 19.4 Å². The lowest BCUT2D eigenvalue weighted by Crippen LogP contribution is -2.40. The number of nitrogens with two attached hydrogens (primary N) is 1. The Hall–Kier alpha value is -3.14. The summed E-state index contributed by atoms with van der Waals surface area (Å²) in [6.45, 7) is 6.28. The van der Waals surface area contributed by atoms with Crippen molar-refractivity contribution >= 4 is 22.7 Å². The molecule has 1 aromatic heterocycles. The maximum Gasteiger partial charge on any atom is 0.511 e. The van der Waals surface area contributed by atoms with E-state index in [4.69, 9.17) is 15.6 Å². The lowest BCUT2D eigenvalue weighted by atomic mass is 9.99. The number of aromatic nitrogens is 1. The van der Waals surface area contributed by atoms with Crippen molar-refractivity contribution < 1.29 is 28.2 Å². The van der Waals surface area contributed by atoms with Crippen molar-refractivity contribution in [3.05, 3.63) is 40.5 Å². The average molecular weight is 421 g/mol. The lowest BCUT2D eigenvalue weighted by Gasteiger charge is -2.25. The Morgan fingerprint density at radius 3 is 2.63 bits per heavy atom. The van der Waals surface area contributed by atoms with Crippen LogP contribution in [0.25, 0.3) is 10.9 Å². The van der Waals surface area contributed by atoms with Crippen LogP contribution in [0.5, 0.6) is 11.5 Å². The number of benzene rings is 1. The Bertz CT molecular complexity index is 1140. The number of alkyl halides is 1. The summed E-state index contributed by atoms with van der Waals surface area (Å²) in [6, 6.07) is 0.343. The fraction of sp³-hybridized carbons (Fsp3) is 0.400. The second kappa shape index (κ2) is 6.69. The van der Waals surface area contributed by atoms with Crippen LogP contribution in [0.3, 0.4) is 0 Å². The van der Waals surface area contributed by atoms with Crippen molar-refractivity contribution in [1.82, 2.24) is 4.57 Å². The molecule has 0 amide bonds. The summed E-state index contributed by atoms with van der Waals surface area (Å²) < 4.78 is 40.6. The Morgan fingerprint density at radius 1 is 1.47 bits per heavy atom. The van der Waals surface area contributed by atoms with Gasteiger partial charge in [0.2, 0.25) is 5.43 Å². The number of anilines is 1. The molecule has 0 radical (unpaired) electrons. The molecule has 160 valence electrons. The van der Waals surface area contributed by atoms with Crippen LogP contribution < -0.4 is 25.5 Å². The quantitative estimate of drug-likeness (QED) is 0.577. The van der Waals surface area contributed by atoms with E-state index in [0.717, 1.165) is 12.3 Å². The van der Waals surface area contributed by atoms with Crippen molar-refractivity contribution in [2.24, 2.45) is 5.73 Å². The third-order valence-corrected chi connectivity index (χ3v) is 5.63. The fourth-order valence-corrected chi connectivity index (χ4v) is 3.91. The van der Waals surface area contributed by atoms with E-state index >= 15 is 4.39 Å². The Kier molecular flexibility index (Phi) is 4.50. The molecule has 2 fully saturated rings. The minimum atomic E-state index is -1.70. The summed E-state index contributed by atoms with van der Waals surface area (Å²) in [4.78, 5) is 25.4. The van der Waals surface area contributed by atoms with Crippen LogP contribution in [0, 0.1) is 5.82 Å². The molecule has 2 aromatic rings. The van der Waals surface area contributed by atoms with Crippen molar-refractivity contribution in [3.8, 4) is 11.5 Å². The Balaban J connectivity index is 2.01. The first-order valence-corrected chi connectivity index (χ1v) is 9.27. The van der Waals surface area contributed by atoms with E-state index in [1.165, 1.54) is 11.7 Å². The molecule has 3 atom stereocenters. The van der Waals surface area contributed by atoms with Crippen molar-refractivity contribution in [3.63, 3.8) is 0 Å². The first-order valence-electron chi connectivity index (χ1n) is 9.27. The van der Waals surface area contributed by atoms with Crippen molar-refractivity contribution in [2.45, 2.75) is 31.1 Å². The zero-order valence-corrected chi connectivity index (χ0v) is 16.4. The molecule has 4 rings (SSSR count). The van der Waals surface area contributed by atoms with Gasteiger partial charge in [-0.1, -0.05) is 6.58 Å². The predicted molar refractivity (Wildman–Crippen MR) is 106 cm³/mol. The Morgan fingerprint density at radius 2 is 2.13 bits per heavy atom. The first kappa shape index (κ1) is 20.1. The third-order valence-electron chi connectivity index (χ3n) is 5.63. The third kappa shape index (κ3) is 3.07. The number of rotatable bonds is 4. The zero-order chi connectivity index (χ0) is 22.0. The molecule has 30 heavy (non-hydrogen) atoms. The van der Waals surface area contributed by atoms with Crippen LogP contribution in [0.2, 0.25) is 0 Å². The number of carbonyl (C=O) groups is 1. The number of hydrogen-bond donors (Lipinski definition) is 2. The number of carboxylic acid groups (broad SMARTS) is 1. The number of halogens is 2. The first-order chi connectivity index (χ1) is 14.0. The zero-order valence-electron chi connectivity index (χ0n) is 16.4. The average Bonchev–Trinajstić information content (AvgIpc) is 3.31. The second-order valence-electron chi connectivity index (χ2n) is 7.93. The van der Waals surface area contributed by atoms with E-state index in [9.17, 15) is 14.0 Å². The number of ether oxygens (including phenoxy) is 2. The highest BCUT2D eigenvalue weighted by Crippen LogP contribution is 2.46. The van der Waals surface area contributed by atoms with Gasteiger partial charge in [0.1, 0.15) is 11.9 Å². The van der Waals surface area contributed by atoms with Crippen LogP contribution >= 0.6 is 0 Å². The van der Waals surface area contributed by atoms with Gasteiger partial charge in [-0.2, -0.15) is 0 Å². The maximum absolute atomic E-state index is 15.2. The topological polar surface area (TPSA) is 107 Å². The van der Waals surface area contributed by atoms with Gasteiger partial charge in [0.05, 0.1) is 35.8 Å². The molecule has 2 heterocycles. The molecular weight excluding hydrogens is 400 g/mol. The van der Waals surface area contributed by atoms with Crippen molar-refractivity contribution in [2.75, 3.05) is 25.1 Å². The van der Waals surface area contributed by atoms with E-state index in [1.807, 2.05) is 0 Å². The lowest BCUT2D eigenvalue weighted by molar-refractivity contribution is 0.143. The van der Waals surface area contributed by atoms with Crippen molar-refractivity contribution in [1.29, 1.82) is 0 Å². The maximum atomic E-state index is 15.2. The molecule has 2 aliphatic rings. The predicted octanol–water partition coefficient (Wildman–Crippen LogP) is 2.58. The highest BCUT2D eigenvalue weighted by atomic mass is 19.1. The number of fused-ring (bicyclic) bond motifs is 1. The second-order valence-corrected chi connectivity index (χ2v) is 7.93. The highest BCUT2D eigenvalue weighted by molar-refractivity contribution is 5.93. The molecule has 1 saturated carbocycles. The van der Waals surface area contributed by atoms with E-state index in [-0.39, 0.29) is 41.9 Å². The molecule has 1 aliphatic heterocycles. The Labute approximate surface area is 170 Å². The van der Waals surface area contributed by atoms with Gasteiger partial charge in [0.15, 0.2) is 17.3 Å². The summed E-state index contributed by atoms with van der Waals surface area (Å²) in [5.74, 6) is -1.26. The highest BCUT2D eigenvalue weighted by Gasteiger charge is 2.42. The largest absolute Gasteiger partial charge is 0.511 e. The van der Waals surface area contributed by atoms with E-state index < -0.39 is 40.9 Å². The van der Waals surface area contributed by atoms with Crippen LogP contribution in [-0.4, -0.2) is 47.7 Å². The van der Waals surface area contributed by atoms with Gasteiger partial charge in [-0.05, 0) is 18.6 Å². The van der Waals surface area contributed by atoms with E-state index in [2.05, 4.69) is 11.3 Å². The van der Waals surface area contributed by atoms with Gasteiger partial charge < -0.3 is 29.8 Å². The number of nitrogens with zero attached hydrogens (tertiary/aromatic N) is 2. The number of hydrogen-bond acceptors (Lipinski definition) is 6. The number of pyridine rings is 1. The SMILES string of the molecule is C=C1CN(c2c(F)cc3c(=O)c(OC(=O)O)cn([C@@H]4C[C@@H]4F)c3c2OC)CC1(C)N. The van der Waals surface area contributed by atoms with Gasteiger partial charge in [-0.15, -0.1) is 0 Å². The molecule has 10 heteroatoms. The van der Waals surface area contributed by atoms with Gasteiger partial charge in [0.25, 0.3) is 0 Å². The summed E-state index contributed by atoms with van der Waals surface area (Å²) in [5, 5.41) is 8.74. The minimum Gasteiger partial charge on any atom is -0.492 e. The molecule has 1 aromatic carbocycles. The summed E-state index contributed by atoms with van der Waals surface area (Å²) in [5.41, 5.74) is 5.59. The monoisotopic (exact) mass is 421 g/mol. The summed E-state index contributed by atoms with van der Waals surface area (Å²) in [6.07, 6.45) is -1.59. The molecular formula is C20H21F2N3O5. The molecule has 0 bridgehead atoms. The van der Waals surface area contributed by atoms with Gasteiger partial charge >= 0.3 is 6.16 Å². The van der Waals surface area contributed by atoms with Crippen LogP contribution in [-0.2, 0) is 0 Å².